The highest BCUT2D eigenvalue weighted by Gasteiger charge is 2.29. The molecule has 9 heteroatoms. The van der Waals surface area contributed by atoms with Crippen LogP contribution in [0.15, 0.2) is 54.7 Å². The summed E-state index contributed by atoms with van der Waals surface area (Å²) in [5.41, 5.74) is 0.532. The summed E-state index contributed by atoms with van der Waals surface area (Å²) in [5, 5.41) is 14.9. The first-order chi connectivity index (χ1) is 14.4. The van der Waals surface area contributed by atoms with Crippen LogP contribution in [0.1, 0.15) is 22.5 Å². The van der Waals surface area contributed by atoms with E-state index in [0.717, 1.165) is 18.2 Å². The normalized spacial score (nSPS) is 20.6. The number of halogens is 2. The fourth-order valence-corrected chi connectivity index (χ4v) is 3.03. The Labute approximate surface area is 171 Å². The third-order valence-electron chi connectivity index (χ3n) is 4.46. The zero-order chi connectivity index (χ0) is 21.5. The van der Waals surface area contributed by atoms with Crippen LogP contribution in [0.3, 0.4) is 0 Å². The van der Waals surface area contributed by atoms with Gasteiger partial charge in [-0.3, -0.25) is 14.6 Å². The molecule has 0 saturated heterocycles. The minimum atomic E-state index is -0.738. The van der Waals surface area contributed by atoms with Crippen molar-refractivity contribution in [1.82, 2.24) is 15.6 Å². The number of ether oxygens (including phenoxy) is 1. The topological polar surface area (TPSA) is 101 Å². The van der Waals surface area contributed by atoms with Crippen LogP contribution in [-0.4, -0.2) is 46.8 Å². The van der Waals surface area contributed by atoms with Crippen LogP contribution < -0.4 is 10.6 Å². The quantitative estimate of drug-likeness (QED) is 0.593. The zero-order valence-corrected chi connectivity index (χ0v) is 15.9. The minimum absolute atomic E-state index is 0.0316. The fourth-order valence-electron chi connectivity index (χ4n) is 3.03. The zero-order valence-electron chi connectivity index (χ0n) is 15.9. The summed E-state index contributed by atoms with van der Waals surface area (Å²) in [6.07, 6.45) is 3.37. The third kappa shape index (κ3) is 5.91. The van der Waals surface area contributed by atoms with E-state index in [0.29, 0.717) is 5.56 Å². The first-order valence-corrected chi connectivity index (χ1v) is 9.33. The number of nitrogens with zero attached hydrogens (tertiary/aromatic N) is 1. The Bertz CT molecular complexity index is 903. The lowest BCUT2D eigenvalue weighted by atomic mass is 10.0. The second-order valence-electron chi connectivity index (χ2n) is 6.75. The summed E-state index contributed by atoms with van der Waals surface area (Å²) < 4.78 is 32.1. The van der Waals surface area contributed by atoms with Crippen molar-refractivity contribution in [2.45, 2.75) is 31.2 Å². The summed E-state index contributed by atoms with van der Waals surface area (Å²) in [6, 6.07) is 7.38. The number of carbonyl (C=O) groups is 2. The molecule has 1 aromatic carbocycles. The van der Waals surface area contributed by atoms with E-state index in [-0.39, 0.29) is 31.2 Å². The molecular weight excluding hydrogens is 396 g/mol. The Morgan fingerprint density at radius 1 is 1.13 bits per heavy atom. The number of aliphatic hydroxyl groups excluding tert-OH is 1. The summed E-state index contributed by atoms with van der Waals surface area (Å²) in [6.45, 7) is -0.395. The minimum Gasteiger partial charge on any atom is -0.394 e. The first kappa shape index (κ1) is 21.5. The number of amides is 2. The molecule has 30 heavy (non-hydrogen) atoms. The Kier molecular flexibility index (Phi) is 7.21. The van der Waals surface area contributed by atoms with Gasteiger partial charge >= 0.3 is 0 Å². The van der Waals surface area contributed by atoms with Gasteiger partial charge in [0, 0.05) is 18.8 Å². The molecule has 1 aliphatic heterocycles. The Morgan fingerprint density at radius 2 is 1.90 bits per heavy atom. The molecule has 3 rings (SSSR count). The summed E-state index contributed by atoms with van der Waals surface area (Å²) in [4.78, 5) is 28.3. The predicted molar refractivity (Wildman–Crippen MR) is 103 cm³/mol. The van der Waals surface area contributed by atoms with Crippen LogP contribution in [0.5, 0.6) is 0 Å². The molecule has 1 aliphatic rings. The van der Waals surface area contributed by atoms with Crippen molar-refractivity contribution >= 4 is 11.8 Å². The van der Waals surface area contributed by atoms with Crippen molar-refractivity contribution in [1.29, 1.82) is 0 Å². The molecule has 2 heterocycles. The number of hydrogen-bond donors (Lipinski definition) is 3. The summed E-state index contributed by atoms with van der Waals surface area (Å²) in [5.74, 6) is -2.24. The molecule has 2 amide bonds. The van der Waals surface area contributed by atoms with Crippen LogP contribution in [0, 0.1) is 11.6 Å². The van der Waals surface area contributed by atoms with E-state index in [9.17, 15) is 23.5 Å². The van der Waals surface area contributed by atoms with E-state index in [1.54, 1.807) is 30.4 Å². The number of rotatable bonds is 7. The molecule has 7 nitrogen and oxygen atoms in total. The van der Waals surface area contributed by atoms with E-state index >= 15 is 0 Å². The molecule has 1 aromatic heterocycles. The number of carbonyl (C=O) groups excluding carboxylic acids is 2. The Hall–Kier alpha value is -3.17. The SMILES string of the molecule is O=C(C[C@H]1C=C[C@@H](NC(=O)c2ccccn2)[C@H](CO)O1)NCc1cc(F)cc(F)c1. The van der Waals surface area contributed by atoms with Crippen LogP contribution >= 0.6 is 0 Å². The maximum Gasteiger partial charge on any atom is 0.270 e. The van der Waals surface area contributed by atoms with Gasteiger partial charge in [0.05, 0.1) is 25.2 Å². The lowest BCUT2D eigenvalue weighted by Crippen LogP contribution is -2.49. The molecule has 0 unspecified atom stereocenters. The molecule has 3 atom stereocenters. The van der Waals surface area contributed by atoms with Gasteiger partial charge in [-0.1, -0.05) is 18.2 Å². The summed E-state index contributed by atoms with van der Waals surface area (Å²) >= 11 is 0. The highest BCUT2D eigenvalue weighted by molar-refractivity contribution is 5.92. The van der Waals surface area contributed by atoms with Gasteiger partial charge in [-0.25, -0.2) is 8.78 Å². The molecule has 0 saturated carbocycles. The number of nitrogens with one attached hydrogen (secondary N) is 2. The van der Waals surface area contributed by atoms with Gasteiger partial charge in [0.15, 0.2) is 0 Å². The second-order valence-corrected chi connectivity index (χ2v) is 6.75. The Balaban J connectivity index is 1.53. The van der Waals surface area contributed by atoms with Crippen LogP contribution in [0.4, 0.5) is 8.78 Å². The van der Waals surface area contributed by atoms with Gasteiger partial charge in [0.25, 0.3) is 5.91 Å². The Morgan fingerprint density at radius 3 is 2.57 bits per heavy atom. The van der Waals surface area contributed by atoms with Gasteiger partial charge in [-0.15, -0.1) is 0 Å². The van der Waals surface area contributed by atoms with Crippen LogP contribution in [0.2, 0.25) is 0 Å². The molecule has 0 bridgehead atoms. The van der Waals surface area contributed by atoms with Crippen molar-refractivity contribution in [3.8, 4) is 0 Å². The van der Waals surface area contributed by atoms with Gasteiger partial charge in [0.1, 0.15) is 23.4 Å². The molecule has 0 fully saturated rings. The highest BCUT2D eigenvalue weighted by Crippen LogP contribution is 2.16. The van der Waals surface area contributed by atoms with Gasteiger partial charge < -0.3 is 20.5 Å². The van der Waals surface area contributed by atoms with Gasteiger partial charge in [-0.05, 0) is 29.8 Å². The first-order valence-electron chi connectivity index (χ1n) is 9.33. The van der Waals surface area contributed by atoms with E-state index in [1.165, 1.54) is 6.20 Å². The largest absolute Gasteiger partial charge is 0.394 e. The number of benzene rings is 1. The lowest BCUT2D eigenvalue weighted by Gasteiger charge is -2.31. The van der Waals surface area contributed by atoms with Crippen molar-refractivity contribution in [2.24, 2.45) is 0 Å². The van der Waals surface area contributed by atoms with Crippen molar-refractivity contribution in [3.05, 3.63) is 77.6 Å². The number of hydrogen-bond acceptors (Lipinski definition) is 5. The van der Waals surface area contributed by atoms with Crippen LogP contribution in [0.25, 0.3) is 0 Å². The molecule has 158 valence electrons. The van der Waals surface area contributed by atoms with E-state index in [1.807, 2.05) is 0 Å². The van der Waals surface area contributed by atoms with E-state index in [2.05, 4.69) is 15.6 Å². The monoisotopic (exact) mass is 417 g/mol. The van der Waals surface area contributed by atoms with Crippen LogP contribution in [-0.2, 0) is 16.1 Å². The highest BCUT2D eigenvalue weighted by atomic mass is 19.1. The third-order valence-corrected chi connectivity index (χ3v) is 4.46. The van der Waals surface area contributed by atoms with Gasteiger partial charge in [-0.2, -0.15) is 0 Å². The van der Waals surface area contributed by atoms with Gasteiger partial charge in [0.2, 0.25) is 5.91 Å². The van der Waals surface area contributed by atoms with Crippen molar-refractivity contribution < 1.29 is 28.2 Å². The molecule has 0 spiro atoms. The second kappa shape index (κ2) is 10.0. The summed E-state index contributed by atoms with van der Waals surface area (Å²) in [7, 11) is 0. The molecule has 0 aliphatic carbocycles. The molecule has 3 N–H and O–H groups in total. The maximum absolute atomic E-state index is 13.2. The van der Waals surface area contributed by atoms with E-state index < -0.39 is 35.8 Å². The van der Waals surface area contributed by atoms with Crippen molar-refractivity contribution in [3.63, 3.8) is 0 Å². The standard InChI is InChI=1S/C21H21F2N3O4/c22-14-7-13(8-15(23)9-14)11-25-20(28)10-16-4-5-17(19(12-27)30-16)26-21(29)18-3-1-2-6-24-18/h1-9,16-17,19,27H,10-12H2,(H,25,28)(H,26,29)/t16-,17-,19+/m1/s1. The number of aromatic nitrogens is 1. The van der Waals surface area contributed by atoms with Crippen molar-refractivity contribution in [2.75, 3.05) is 6.61 Å². The predicted octanol–water partition coefficient (Wildman–Crippen LogP) is 1.48. The van der Waals surface area contributed by atoms with E-state index in [4.69, 9.17) is 4.74 Å². The lowest BCUT2D eigenvalue weighted by molar-refractivity contribution is -0.125. The molecular formula is C21H21F2N3O4. The molecule has 0 radical (unpaired) electrons. The number of pyridine rings is 1. The molecule has 2 aromatic rings. The smallest absolute Gasteiger partial charge is 0.270 e. The number of aliphatic hydroxyl groups is 1. The average molecular weight is 417 g/mol. The maximum atomic E-state index is 13.2. The average Bonchev–Trinajstić information content (AvgIpc) is 2.73. The fraction of sp³-hybridized carbons (Fsp3) is 0.286.